The molecule has 0 amide bonds. The fraction of sp³-hybridized carbons (Fsp3) is 0.714. The van der Waals surface area contributed by atoms with Crippen LogP contribution in [0.4, 0.5) is 0 Å². The van der Waals surface area contributed by atoms with E-state index in [1.165, 1.54) is 12.8 Å². The normalized spacial score (nSPS) is 19.6. The molecule has 1 aliphatic rings. The quantitative estimate of drug-likeness (QED) is 0.506. The molecule has 1 aliphatic heterocycles. The standard InChI is InChI=1S/C14H20O2/c1-2-3-4-5-6-7-9-12-15-14-11-8-10-13-16-14/h1,14H,5-13H2. The number of terminal acetylenes is 1. The summed E-state index contributed by atoms with van der Waals surface area (Å²) in [5.74, 6) is 7.85. The number of hydrogen-bond donors (Lipinski definition) is 0. The first-order valence-corrected chi connectivity index (χ1v) is 6.10. The zero-order chi connectivity index (χ0) is 11.5. The third-order valence-electron chi connectivity index (χ3n) is 2.55. The van der Waals surface area contributed by atoms with Crippen LogP contribution in [0, 0.1) is 24.2 Å². The maximum absolute atomic E-state index is 5.62. The smallest absolute Gasteiger partial charge is 0.157 e. The van der Waals surface area contributed by atoms with Crippen molar-refractivity contribution in [3.8, 4) is 24.2 Å². The molecule has 1 atom stereocenters. The van der Waals surface area contributed by atoms with Crippen LogP contribution in [0.2, 0.25) is 0 Å². The summed E-state index contributed by atoms with van der Waals surface area (Å²) < 4.78 is 11.1. The van der Waals surface area contributed by atoms with Gasteiger partial charge in [-0.25, -0.2) is 0 Å². The van der Waals surface area contributed by atoms with Crippen LogP contribution in [0.5, 0.6) is 0 Å². The lowest BCUT2D eigenvalue weighted by Gasteiger charge is -2.22. The summed E-state index contributed by atoms with van der Waals surface area (Å²) >= 11 is 0. The summed E-state index contributed by atoms with van der Waals surface area (Å²) in [4.78, 5) is 0. The second-order valence-corrected chi connectivity index (χ2v) is 3.92. The summed E-state index contributed by atoms with van der Waals surface area (Å²) in [6, 6.07) is 0. The molecule has 1 rings (SSSR count). The van der Waals surface area contributed by atoms with Gasteiger partial charge in [-0.1, -0.05) is 12.3 Å². The zero-order valence-electron chi connectivity index (χ0n) is 9.84. The maximum Gasteiger partial charge on any atom is 0.157 e. The van der Waals surface area contributed by atoms with Crippen molar-refractivity contribution in [1.82, 2.24) is 0 Å². The topological polar surface area (TPSA) is 18.5 Å². The predicted molar refractivity (Wildman–Crippen MR) is 64.6 cm³/mol. The lowest BCUT2D eigenvalue weighted by atomic mass is 10.2. The number of hydrogen-bond acceptors (Lipinski definition) is 2. The van der Waals surface area contributed by atoms with Gasteiger partial charge in [0.05, 0.1) is 0 Å². The molecule has 0 aromatic rings. The number of rotatable bonds is 6. The van der Waals surface area contributed by atoms with Gasteiger partial charge in [-0.05, 0) is 43.9 Å². The molecule has 1 saturated heterocycles. The molecule has 16 heavy (non-hydrogen) atoms. The van der Waals surface area contributed by atoms with Crippen molar-refractivity contribution in [2.45, 2.75) is 51.2 Å². The van der Waals surface area contributed by atoms with Gasteiger partial charge in [0.15, 0.2) is 6.29 Å². The molecule has 0 aromatic heterocycles. The Morgan fingerprint density at radius 3 is 2.94 bits per heavy atom. The summed E-state index contributed by atoms with van der Waals surface area (Å²) in [6.07, 6.45) is 12.7. The lowest BCUT2D eigenvalue weighted by Crippen LogP contribution is -2.22. The van der Waals surface area contributed by atoms with Crippen LogP contribution in [0.3, 0.4) is 0 Å². The summed E-state index contributed by atoms with van der Waals surface area (Å²) in [7, 11) is 0. The van der Waals surface area contributed by atoms with Gasteiger partial charge in [0.2, 0.25) is 0 Å². The molecule has 1 heterocycles. The highest BCUT2D eigenvalue weighted by atomic mass is 16.7. The van der Waals surface area contributed by atoms with Gasteiger partial charge >= 0.3 is 0 Å². The number of unbranched alkanes of at least 4 members (excludes halogenated alkanes) is 3. The predicted octanol–water partition coefficient (Wildman–Crippen LogP) is 2.73. The Morgan fingerprint density at radius 1 is 1.25 bits per heavy atom. The van der Waals surface area contributed by atoms with E-state index in [1.807, 2.05) is 0 Å². The minimum atomic E-state index is 0.0509. The zero-order valence-corrected chi connectivity index (χ0v) is 9.84. The van der Waals surface area contributed by atoms with Crippen molar-refractivity contribution < 1.29 is 9.47 Å². The first-order valence-electron chi connectivity index (χ1n) is 6.10. The fourth-order valence-electron chi connectivity index (χ4n) is 1.66. The van der Waals surface area contributed by atoms with E-state index < -0.39 is 0 Å². The summed E-state index contributed by atoms with van der Waals surface area (Å²) in [5.41, 5.74) is 0. The van der Waals surface area contributed by atoms with Crippen molar-refractivity contribution in [1.29, 1.82) is 0 Å². The van der Waals surface area contributed by atoms with Gasteiger partial charge in [0.25, 0.3) is 0 Å². The fourth-order valence-corrected chi connectivity index (χ4v) is 1.66. The van der Waals surface area contributed by atoms with Crippen molar-refractivity contribution in [2.75, 3.05) is 13.2 Å². The van der Waals surface area contributed by atoms with Crippen LogP contribution in [0.1, 0.15) is 44.9 Å². The Balaban J connectivity index is 1.86. The number of ether oxygens (including phenoxy) is 2. The molecule has 2 heteroatoms. The summed E-state index contributed by atoms with van der Waals surface area (Å²) in [6.45, 7) is 1.65. The van der Waals surface area contributed by atoms with Crippen molar-refractivity contribution in [2.24, 2.45) is 0 Å². The Hall–Kier alpha value is -0.960. The van der Waals surface area contributed by atoms with Crippen molar-refractivity contribution in [3.63, 3.8) is 0 Å². The summed E-state index contributed by atoms with van der Waals surface area (Å²) in [5, 5.41) is 0. The van der Waals surface area contributed by atoms with Gasteiger partial charge in [0.1, 0.15) is 0 Å². The van der Waals surface area contributed by atoms with E-state index in [4.69, 9.17) is 15.9 Å². The monoisotopic (exact) mass is 220 g/mol. The average molecular weight is 220 g/mol. The molecule has 0 bridgehead atoms. The van der Waals surface area contributed by atoms with E-state index in [9.17, 15) is 0 Å². The largest absolute Gasteiger partial charge is 0.353 e. The van der Waals surface area contributed by atoms with E-state index in [0.717, 1.165) is 45.3 Å². The van der Waals surface area contributed by atoms with E-state index in [2.05, 4.69) is 17.8 Å². The molecule has 0 N–H and O–H groups in total. The second-order valence-electron chi connectivity index (χ2n) is 3.92. The Bertz CT molecular complexity index is 261. The minimum absolute atomic E-state index is 0.0509. The molecule has 2 nitrogen and oxygen atoms in total. The Labute approximate surface area is 98.7 Å². The van der Waals surface area contributed by atoms with E-state index >= 15 is 0 Å². The van der Waals surface area contributed by atoms with Gasteiger partial charge in [-0.15, -0.1) is 6.42 Å². The van der Waals surface area contributed by atoms with Crippen LogP contribution >= 0.6 is 0 Å². The SMILES string of the molecule is C#CC#CCCCCCOC1CCCCO1. The second kappa shape index (κ2) is 9.28. The molecule has 88 valence electrons. The third-order valence-corrected chi connectivity index (χ3v) is 2.55. The molecule has 0 aliphatic carbocycles. The van der Waals surface area contributed by atoms with Crippen LogP contribution in [0.15, 0.2) is 0 Å². The Kier molecular flexibility index (Phi) is 7.60. The van der Waals surface area contributed by atoms with E-state index in [1.54, 1.807) is 0 Å². The van der Waals surface area contributed by atoms with E-state index in [0.29, 0.717) is 0 Å². The van der Waals surface area contributed by atoms with Crippen LogP contribution in [-0.4, -0.2) is 19.5 Å². The van der Waals surface area contributed by atoms with Gasteiger partial charge in [-0.2, -0.15) is 0 Å². The molecule has 0 saturated carbocycles. The molecule has 1 unspecified atom stereocenters. The first-order chi connectivity index (χ1) is 7.93. The molecular weight excluding hydrogens is 200 g/mol. The molecule has 0 spiro atoms. The van der Waals surface area contributed by atoms with Gasteiger partial charge in [0, 0.05) is 19.6 Å². The van der Waals surface area contributed by atoms with Gasteiger partial charge in [-0.3, -0.25) is 0 Å². The first kappa shape index (κ1) is 13.1. The van der Waals surface area contributed by atoms with Crippen LogP contribution in [-0.2, 0) is 9.47 Å². The third kappa shape index (κ3) is 6.51. The average Bonchev–Trinajstić information content (AvgIpc) is 2.34. The molecule has 1 fully saturated rings. The van der Waals surface area contributed by atoms with Crippen LogP contribution in [0.25, 0.3) is 0 Å². The highest BCUT2D eigenvalue weighted by molar-refractivity contribution is 5.21. The van der Waals surface area contributed by atoms with E-state index in [-0.39, 0.29) is 6.29 Å². The Morgan fingerprint density at radius 2 is 2.19 bits per heavy atom. The highest BCUT2D eigenvalue weighted by Gasteiger charge is 2.12. The van der Waals surface area contributed by atoms with Gasteiger partial charge < -0.3 is 9.47 Å². The molecule has 0 aromatic carbocycles. The molecule has 0 radical (unpaired) electrons. The van der Waals surface area contributed by atoms with Crippen molar-refractivity contribution >= 4 is 0 Å². The molecular formula is C14H20O2. The highest BCUT2D eigenvalue weighted by Crippen LogP contribution is 2.14. The van der Waals surface area contributed by atoms with Crippen LogP contribution < -0.4 is 0 Å². The lowest BCUT2D eigenvalue weighted by molar-refractivity contribution is -0.162. The maximum atomic E-state index is 5.62. The minimum Gasteiger partial charge on any atom is -0.353 e. The van der Waals surface area contributed by atoms with Crippen molar-refractivity contribution in [3.05, 3.63) is 0 Å².